The number of quaternary nitrogens is 1. The first-order chi connectivity index (χ1) is 23.5. The number of aliphatic hydroxyl groups excluding tert-OH is 1. The predicted octanol–water partition coefficient (Wildman–Crippen LogP) is 11.0. The molecule has 0 saturated heterocycles. The lowest BCUT2D eigenvalue weighted by Crippen LogP contribution is -2.46. The van der Waals surface area contributed by atoms with Gasteiger partial charge in [-0.25, -0.2) is 4.57 Å². The van der Waals surface area contributed by atoms with E-state index < -0.39 is 20.0 Å². The number of phosphoric ester groups is 1. The third-order valence-electron chi connectivity index (χ3n) is 9.61. The van der Waals surface area contributed by atoms with Crippen LogP contribution in [0.2, 0.25) is 0 Å². The summed E-state index contributed by atoms with van der Waals surface area (Å²) in [6.45, 7) is 4.73. The van der Waals surface area contributed by atoms with Gasteiger partial charge in [-0.05, 0) is 12.8 Å². The van der Waals surface area contributed by atoms with Crippen molar-refractivity contribution in [2.45, 2.75) is 212 Å². The average Bonchev–Trinajstić information content (AvgIpc) is 3.04. The topological polar surface area (TPSA) is 105 Å². The maximum atomic E-state index is 12.5. The van der Waals surface area contributed by atoms with Crippen LogP contribution in [0.25, 0.3) is 0 Å². The molecule has 0 heterocycles. The van der Waals surface area contributed by atoms with Crippen LogP contribution in [0.1, 0.15) is 200 Å². The molecule has 8 nitrogen and oxygen atoms in total. The van der Waals surface area contributed by atoms with Crippen LogP contribution < -0.4 is 5.32 Å². The van der Waals surface area contributed by atoms with Crippen LogP contribution in [0.5, 0.6) is 0 Å². The molecule has 0 saturated carbocycles. The Bertz CT molecular complexity index is 778. The Balaban J connectivity index is 3.91. The highest BCUT2D eigenvalue weighted by atomic mass is 31.2. The van der Waals surface area contributed by atoms with Crippen molar-refractivity contribution < 1.29 is 32.9 Å². The SMILES string of the molecule is CCCCCCCCCCCCCCCCCCCCCCCCCCC(O)C(COP(=O)(O)OCC[N+](C)(C)C)NC(=O)CCCCC. The lowest BCUT2D eigenvalue weighted by atomic mass is 10.0. The molecule has 0 radical (unpaired) electrons. The van der Waals surface area contributed by atoms with E-state index in [1.807, 2.05) is 21.1 Å². The number of rotatable bonds is 38. The van der Waals surface area contributed by atoms with Gasteiger partial charge in [-0.3, -0.25) is 13.8 Å². The van der Waals surface area contributed by atoms with Gasteiger partial charge in [0.05, 0.1) is 39.9 Å². The summed E-state index contributed by atoms with van der Waals surface area (Å²) < 4.78 is 23.3. The van der Waals surface area contributed by atoms with E-state index in [1.165, 1.54) is 135 Å². The van der Waals surface area contributed by atoms with Crippen molar-refractivity contribution >= 4 is 13.7 Å². The van der Waals surface area contributed by atoms with Gasteiger partial charge < -0.3 is 19.8 Å². The first-order valence-corrected chi connectivity index (χ1v) is 22.4. The molecule has 1 amide bonds. The summed E-state index contributed by atoms with van der Waals surface area (Å²) in [4.78, 5) is 22.6. The second-order valence-electron chi connectivity index (χ2n) is 15.7. The van der Waals surface area contributed by atoms with E-state index in [4.69, 9.17) is 9.05 Å². The normalized spacial score (nSPS) is 14.5. The third kappa shape index (κ3) is 35.7. The molecule has 0 aliphatic carbocycles. The lowest BCUT2D eigenvalue weighted by molar-refractivity contribution is -0.870. The van der Waals surface area contributed by atoms with Gasteiger partial charge in [0.15, 0.2) is 0 Å². The first kappa shape index (κ1) is 48.5. The van der Waals surface area contributed by atoms with Gasteiger partial charge in [0.2, 0.25) is 5.91 Å². The highest BCUT2D eigenvalue weighted by molar-refractivity contribution is 7.47. The predicted molar refractivity (Wildman–Crippen MR) is 208 cm³/mol. The number of amides is 1. The number of nitrogens with one attached hydrogen (secondary N) is 1. The molecule has 3 N–H and O–H groups in total. The number of carbonyl (C=O) groups excluding carboxylic acids is 1. The van der Waals surface area contributed by atoms with Gasteiger partial charge in [-0.1, -0.05) is 181 Å². The molecule has 3 atom stereocenters. The highest BCUT2D eigenvalue weighted by Crippen LogP contribution is 2.43. The molecule has 49 heavy (non-hydrogen) atoms. The van der Waals surface area contributed by atoms with Crippen molar-refractivity contribution in [2.24, 2.45) is 0 Å². The fraction of sp³-hybridized carbons (Fsp3) is 0.975. The van der Waals surface area contributed by atoms with E-state index in [0.717, 1.165) is 38.5 Å². The standard InChI is InChI=1S/C40H83N2O6P/c1-6-8-10-11-12-13-14-15-16-17-18-19-20-21-22-23-24-25-26-27-28-29-30-32-33-39(43)38(41-40(44)34-31-9-7-2)37-48-49(45,46)47-36-35-42(3,4)5/h38-39,43H,6-37H2,1-5H3,(H-,41,44,45,46)/p+1. The highest BCUT2D eigenvalue weighted by Gasteiger charge is 2.28. The van der Waals surface area contributed by atoms with Gasteiger partial charge in [0.25, 0.3) is 0 Å². The quantitative estimate of drug-likeness (QED) is 0.0333. The van der Waals surface area contributed by atoms with E-state index in [0.29, 0.717) is 23.9 Å². The summed E-state index contributed by atoms with van der Waals surface area (Å²) in [6.07, 6.45) is 35.0. The number of carbonyl (C=O) groups is 1. The first-order valence-electron chi connectivity index (χ1n) is 20.9. The van der Waals surface area contributed by atoms with Gasteiger partial charge >= 0.3 is 7.82 Å². The summed E-state index contributed by atoms with van der Waals surface area (Å²) in [5, 5.41) is 13.7. The third-order valence-corrected chi connectivity index (χ3v) is 10.6. The Morgan fingerprint density at radius 1 is 0.612 bits per heavy atom. The summed E-state index contributed by atoms with van der Waals surface area (Å²) in [5.41, 5.74) is 0. The van der Waals surface area contributed by atoms with Crippen molar-refractivity contribution in [1.29, 1.82) is 0 Å². The zero-order valence-electron chi connectivity index (χ0n) is 33.2. The van der Waals surface area contributed by atoms with E-state index in [9.17, 15) is 19.4 Å². The summed E-state index contributed by atoms with van der Waals surface area (Å²) in [7, 11) is 1.62. The summed E-state index contributed by atoms with van der Waals surface area (Å²) in [5.74, 6) is -0.167. The molecule has 294 valence electrons. The van der Waals surface area contributed by atoms with Gasteiger partial charge in [-0.2, -0.15) is 0 Å². The second kappa shape index (κ2) is 33.3. The van der Waals surface area contributed by atoms with Gasteiger partial charge in [0.1, 0.15) is 13.2 Å². The molecular weight excluding hydrogens is 635 g/mol. The number of likely N-dealkylation sites (N-methyl/N-ethyl adjacent to an activating group) is 1. The molecular formula is C40H84N2O6P+. The van der Waals surface area contributed by atoms with Crippen molar-refractivity contribution in [1.82, 2.24) is 5.32 Å². The molecule has 0 fully saturated rings. The lowest BCUT2D eigenvalue weighted by Gasteiger charge is -2.26. The van der Waals surface area contributed by atoms with Crippen molar-refractivity contribution in [3.8, 4) is 0 Å². The maximum Gasteiger partial charge on any atom is 0.472 e. The number of aliphatic hydroxyl groups is 1. The second-order valence-corrected chi connectivity index (χ2v) is 17.2. The minimum Gasteiger partial charge on any atom is -0.391 e. The van der Waals surface area contributed by atoms with Crippen LogP contribution in [0.4, 0.5) is 0 Å². The van der Waals surface area contributed by atoms with E-state index in [1.54, 1.807) is 0 Å². The monoisotopic (exact) mass is 720 g/mol. The number of unbranched alkanes of at least 4 members (excludes halogenated alkanes) is 25. The number of phosphoric acid groups is 1. The fourth-order valence-electron chi connectivity index (χ4n) is 6.22. The smallest absolute Gasteiger partial charge is 0.391 e. The Morgan fingerprint density at radius 3 is 1.37 bits per heavy atom. The maximum absolute atomic E-state index is 12.5. The Labute approximate surface area is 304 Å². The Hall–Kier alpha value is -0.500. The van der Waals surface area contributed by atoms with Crippen molar-refractivity contribution in [2.75, 3.05) is 40.9 Å². The van der Waals surface area contributed by atoms with Gasteiger partial charge in [-0.15, -0.1) is 0 Å². The van der Waals surface area contributed by atoms with Crippen LogP contribution >= 0.6 is 7.82 Å². The number of nitrogens with zero attached hydrogens (tertiary/aromatic N) is 1. The van der Waals surface area contributed by atoms with Gasteiger partial charge in [0, 0.05) is 6.42 Å². The minimum atomic E-state index is -4.29. The molecule has 0 aliphatic rings. The Kier molecular flexibility index (Phi) is 33.0. The van der Waals surface area contributed by atoms with E-state index in [-0.39, 0.29) is 19.1 Å². The number of hydrogen-bond donors (Lipinski definition) is 3. The van der Waals surface area contributed by atoms with Crippen LogP contribution in [0.3, 0.4) is 0 Å². The largest absolute Gasteiger partial charge is 0.472 e. The van der Waals surface area contributed by atoms with Crippen LogP contribution in [-0.4, -0.2) is 73.4 Å². The zero-order chi connectivity index (χ0) is 36.5. The Morgan fingerprint density at radius 2 is 0.980 bits per heavy atom. The molecule has 9 heteroatoms. The zero-order valence-corrected chi connectivity index (χ0v) is 34.1. The summed E-state index contributed by atoms with van der Waals surface area (Å²) in [6, 6.07) is -0.749. The molecule has 0 aliphatic heterocycles. The molecule has 3 unspecified atom stereocenters. The van der Waals surface area contributed by atoms with Crippen molar-refractivity contribution in [3.63, 3.8) is 0 Å². The minimum absolute atomic E-state index is 0.0768. The molecule has 0 bridgehead atoms. The average molecular weight is 720 g/mol. The molecule has 0 rings (SSSR count). The van der Waals surface area contributed by atoms with Crippen molar-refractivity contribution in [3.05, 3.63) is 0 Å². The van der Waals surface area contributed by atoms with E-state index >= 15 is 0 Å². The molecule has 0 aromatic rings. The molecule has 0 aromatic heterocycles. The van der Waals surface area contributed by atoms with Crippen LogP contribution in [-0.2, 0) is 18.4 Å². The van der Waals surface area contributed by atoms with Crippen LogP contribution in [0, 0.1) is 0 Å². The molecule has 0 aromatic carbocycles. The number of hydrogen-bond acceptors (Lipinski definition) is 5. The summed E-state index contributed by atoms with van der Waals surface area (Å²) >= 11 is 0. The van der Waals surface area contributed by atoms with Crippen LogP contribution in [0.15, 0.2) is 0 Å². The fourth-order valence-corrected chi connectivity index (χ4v) is 6.96. The molecule has 0 spiro atoms. The van der Waals surface area contributed by atoms with E-state index in [2.05, 4.69) is 19.2 Å².